The van der Waals surface area contributed by atoms with Gasteiger partial charge in [-0.2, -0.15) is 0 Å². The lowest BCUT2D eigenvalue weighted by molar-refractivity contribution is -0.119. The van der Waals surface area contributed by atoms with Crippen LogP contribution in [0.4, 0.5) is 15.8 Å². The van der Waals surface area contributed by atoms with Crippen molar-refractivity contribution in [3.63, 3.8) is 0 Å². The molecule has 0 bridgehead atoms. The minimum Gasteiger partial charge on any atom is -0.472 e. The van der Waals surface area contributed by atoms with Crippen LogP contribution in [0.3, 0.4) is 0 Å². The first kappa shape index (κ1) is 28.6. The summed E-state index contributed by atoms with van der Waals surface area (Å²) >= 11 is 6.07. The number of benzene rings is 1. The molecule has 13 heteroatoms. The van der Waals surface area contributed by atoms with E-state index in [1.807, 2.05) is 0 Å². The van der Waals surface area contributed by atoms with Crippen LogP contribution >= 0.6 is 11.6 Å². The number of rotatable bonds is 11. The molecule has 4 rings (SSSR count). The van der Waals surface area contributed by atoms with E-state index in [2.05, 4.69) is 37.3 Å². The molecule has 2 atom stereocenters. The molecule has 1 saturated heterocycles. The molecule has 11 nitrogen and oxygen atoms in total. The quantitative estimate of drug-likeness (QED) is 0.274. The summed E-state index contributed by atoms with van der Waals surface area (Å²) in [6.45, 7) is 2.52. The van der Waals surface area contributed by atoms with E-state index >= 15 is 0 Å². The van der Waals surface area contributed by atoms with Crippen LogP contribution in [0.25, 0.3) is 11.3 Å². The second-order valence-electron chi connectivity index (χ2n) is 9.34. The topological polar surface area (TPSA) is 150 Å². The molecule has 0 saturated carbocycles. The smallest absolute Gasteiger partial charge is 0.257 e. The Bertz CT molecular complexity index is 1290. The molecule has 1 fully saturated rings. The Morgan fingerprint density at radius 3 is 2.69 bits per heavy atom. The van der Waals surface area contributed by atoms with Crippen molar-refractivity contribution < 1.29 is 24.1 Å². The minimum absolute atomic E-state index is 0.0276. The number of amides is 1. The first-order valence-corrected chi connectivity index (χ1v) is 12.8. The monoisotopic (exact) mass is 559 g/mol. The summed E-state index contributed by atoms with van der Waals surface area (Å²) in [7, 11) is 2.05. The van der Waals surface area contributed by atoms with Crippen molar-refractivity contribution in [1.29, 1.82) is 0 Å². The third-order valence-electron chi connectivity index (χ3n) is 6.36. The van der Waals surface area contributed by atoms with Gasteiger partial charge in [0.05, 0.1) is 24.0 Å². The molecular formula is C26H31ClFN7O4. The number of anilines is 2. The molecular weight excluding hydrogens is 529 g/mol. The Hall–Kier alpha value is -3.42. The maximum absolute atomic E-state index is 14.6. The highest BCUT2D eigenvalue weighted by Crippen LogP contribution is 2.33. The maximum Gasteiger partial charge on any atom is 0.257 e. The zero-order valence-corrected chi connectivity index (χ0v) is 22.2. The van der Waals surface area contributed by atoms with E-state index < -0.39 is 24.4 Å². The van der Waals surface area contributed by atoms with E-state index in [1.165, 1.54) is 18.2 Å². The summed E-state index contributed by atoms with van der Waals surface area (Å²) in [4.78, 5) is 20.8. The standard InChI is InChI=1S/C26H31ClFN7O4/c1-34-6-8-35(9-7-34)24(13-25(29)38)22-11-17(4-5-30-22)31-23-12-21(19-10-16(27)2-3-20(19)28)32-33-26(23)39-15-18(37)14-36/h2-5,10-12,18,24,36-37H,6-9,13-15H2,1H3,(H2,29,38)(H,30,31,32). The van der Waals surface area contributed by atoms with Crippen molar-refractivity contribution in [2.75, 3.05) is 51.8 Å². The first-order valence-electron chi connectivity index (χ1n) is 12.4. The van der Waals surface area contributed by atoms with Crippen LogP contribution in [-0.2, 0) is 4.79 Å². The van der Waals surface area contributed by atoms with Crippen molar-refractivity contribution in [3.8, 4) is 17.1 Å². The Kier molecular flexibility index (Phi) is 9.59. The Morgan fingerprint density at radius 1 is 1.21 bits per heavy atom. The number of hydrogen-bond donors (Lipinski definition) is 4. The van der Waals surface area contributed by atoms with Gasteiger partial charge in [0.2, 0.25) is 5.91 Å². The number of carbonyl (C=O) groups excluding carboxylic acids is 1. The molecule has 39 heavy (non-hydrogen) atoms. The lowest BCUT2D eigenvalue weighted by Crippen LogP contribution is -2.46. The lowest BCUT2D eigenvalue weighted by atomic mass is 10.1. The highest BCUT2D eigenvalue weighted by Gasteiger charge is 2.27. The van der Waals surface area contributed by atoms with Crippen molar-refractivity contribution in [1.82, 2.24) is 25.0 Å². The number of likely N-dealkylation sites (N-methyl/N-ethyl adjacent to an activating group) is 1. The molecule has 1 aliphatic heterocycles. The molecule has 2 unspecified atom stereocenters. The lowest BCUT2D eigenvalue weighted by Gasteiger charge is -2.37. The second-order valence-corrected chi connectivity index (χ2v) is 9.78. The average Bonchev–Trinajstić information content (AvgIpc) is 2.92. The van der Waals surface area contributed by atoms with Crippen molar-refractivity contribution in [2.45, 2.75) is 18.6 Å². The molecule has 3 heterocycles. The largest absolute Gasteiger partial charge is 0.472 e. The van der Waals surface area contributed by atoms with E-state index in [0.29, 0.717) is 22.1 Å². The number of pyridine rings is 1. The van der Waals surface area contributed by atoms with Gasteiger partial charge in [0, 0.05) is 55.1 Å². The summed E-state index contributed by atoms with van der Waals surface area (Å²) in [6, 6.07) is 8.88. The summed E-state index contributed by atoms with van der Waals surface area (Å²) in [5, 5.41) is 30.6. The number of nitrogens with one attached hydrogen (secondary N) is 1. The van der Waals surface area contributed by atoms with Gasteiger partial charge in [-0.3, -0.25) is 14.7 Å². The number of piperazine rings is 1. The average molecular weight is 560 g/mol. The zero-order chi connectivity index (χ0) is 27.9. The number of aliphatic hydroxyl groups excluding tert-OH is 2. The van der Waals surface area contributed by atoms with Crippen LogP contribution in [0.1, 0.15) is 18.2 Å². The predicted molar refractivity (Wildman–Crippen MR) is 144 cm³/mol. The minimum atomic E-state index is -1.13. The second kappa shape index (κ2) is 13.1. The third kappa shape index (κ3) is 7.58. The van der Waals surface area contributed by atoms with Gasteiger partial charge < -0.3 is 30.9 Å². The normalized spacial score (nSPS) is 16.0. The van der Waals surface area contributed by atoms with Gasteiger partial charge in [0.25, 0.3) is 5.88 Å². The highest BCUT2D eigenvalue weighted by atomic mass is 35.5. The van der Waals surface area contributed by atoms with Crippen LogP contribution < -0.4 is 15.8 Å². The zero-order valence-electron chi connectivity index (χ0n) is 21.4. The highest BCUT2D eigenvalue weighted by molar-refractivity contribution is 6.30. The van der Waals surface area contributed by atoms with Crippen LogP contribution in [0.15, 0.2) is 42.6 Å². The summed E-state index contributed by atoms with van der Waals surface area (Å²) in [5.74, 6) is -0.930. The van der Waals surface area contributed by atoms with Crippen molar-refractivity contribution in [2.24, 2.45) is 5.73 Å². The van der Waals surface area contributed by atoms with Gasteiger partial charge in [-0.1, -0.05) is 11.6 Å². The number of primary amides is 1. The molecule has 208 valence electrons. The molecule has 0 aliphatic carbocycles. The number of aromatic nitrogens is 3. The molecule has 3 aromatic rings. The van der Waals surface area contributed by atoms with Gasteiger partial charge in [-0.05, 0) is 43.4 Å². The van der Waals surface area contributed by atoms with Crippen molar-refractivity contribution in [3.05, 3.63) is 59.1 Å². The molecule has 2 aromatic heterocycles. The number of ether oxygens (including phenoxy) is 1. The summed E-state index contributed by atoms with van der Waals surface area (Å²) in [6.07, 6.45) is 0.599. The summed E-state index contributed by atoms with van der Waals surface area (Å²) in [5.41, 5.74) is 7.51. The van der Waals surface area contributed by atoms with Gasteiger partial charge in [0.1, 0.15) is 24.2 Å². The number of nitrogens with two attached hydrogens (primary N) is 1. The maximum atomic E-state index is 14.6. The SMILES string of the molecule is CN1CCN(C(CC(N)=O)c2cc(Nc3cc(-c4cc(Cl)ccc4F)nnc3OCC(O)CO)ccn2)CC1. The first-order chi connectivity index (χ1) is 18.7. The fourth-order valence-corrected chi connectivity index (χ4v) is 4.41. The van der Waals surface area contributed by atoms with E-state index in [9.17, 15) is 14.3 Å². The van der Waals surface area contributed by atoms with Crippen LogP contribution in [0.2, 0.25) is 5.02 Å². The van der Waals surface area contributed by atoms with Gasteiger partial charge in [-0.25, -0.2) is 4.39 Å². The number of aliphatic hydroxyl groups is 2. The van der Waals surface area contributed by atoms with Gasteiger partial charge in [0.15, 0.2) is 0 Å². The van der Waals surface area contributed by atoms with E-state index in [0.717, 1.165) is 26.2 Å². The van der Waals surface area contributed by atoms with Crippen LogP contribution in [-0.4, -0.2) is 93.6 Å². The van der Waals surface area contributed by atoms with Gasteiger partial charge in [-0.15, -0.1) is 10.2 Å². The van der Waals surface area contributed by atoms with Crippen LogP contribution in [0, 0.1) is 5.82 Å². The number of halogens is 2. The molecule has 1 amide bonds. The molecule has 1 aromatic carbocycles. The fourth-order valence-electron chi connectivity index (χ4n) is 4.24. The van der Waals surface area contributed by atoms with Crippen LogP contribution in [0.5, 0.6) is 5.88 Å². The molecule has 1 aliphatic rings. The Labute approximate surface area is 230 Å². The van der Waals surface area contributed by atoms with E-state index in [4.69, 9.17) is 27.2 Å². The van der Waals surface area contributed by atoms with E-state index in [-0.39, 0.29) is 36.2 Å². The number of hydrogen-bond acceptors (Lipinski definition) is 10. The Balaban J connectivity index is 1.66. The molecule has 5 N–H and O–H groups in total. The Morgan fingerprint density at radius 2 is 1.97 bits per heavy atom. The van der Waals surface area contributed by atoms with E-state index in [1.54, 1.807) is 24.4 Å². The third-order valence-corrected chi connectivity index (χ3v) is 6.60. The molecule has 0 spiro atoms. The van der Waals surface area contributed by atoms with Crippen molar-refractivity contribution >= 4 is 28.9 Å². The predicted octanol–water partition coefficient (Wildman–Crippen LogP) is 1.97. The number of nitrogens with zero attached hydrogens (tertiary/aromatic N) is 5. The number of carbonyl (C=O) groups is 1. The summed E-state index contributed by atoms with van der Waals surface area (Å²) < 4.78 is 20.2. The molecule has 0 radical (unpaired) electrons. The van der Waals surface area contributed by atoms with Gasteiger partial charge >= 0.3 is 0 Å². The fraction of sp³-hybridized carbons (Fsp3) is 0.385.